The molecular formula is C18H19NO3S. The number of amides is 1. The second kappa shape index (κ2) is 6.54. The number of hydrogen-bond acceptors (Lipinski definition) is 3. The van der Waals surface area contributed by atoms with Crippen LogP contribution in [0, 0.1) is 0 Å². The van der Waals surface area contributed by atoms with Crippen molar-refractivity contribution in [1.29, 1.82) is 0 Å². The van der Waals surface area contributed by atoms with Gasteiger partial charge < -0.3 is 10.4 Å². The molecular weight excluding hydrogens is 310 g/mol. The molecule has 5 heteroatoms. The second-order valence-corrected chi connectivity index (χ2v) is 6.86. The van der Waals surface area contributed by atoms with Crippen LogP contribution in [-0.2, 0) is 17.6 Å². The summed E-state index contributed by atoms with van der Waals surface area (Å²) in [5.41, 5.74) is 3.27. The summed E-state index contributed by atoms with van der Waals surface area (Å²) in [5, 5.41) is 13.9. The predicted molar refractivity (Wildman–Crippen MR) is 91.4 cm³/mol. The predicted octanol–water partition coefficient (Wildman–Crippen LogP) is 4.07. The van der Waals surface area contributed by atoms with E-state index < -0.39 is 11.9 Å². The third kappa shape index (κ3) is 3.29. The average molecular weight is 329 g/mol. The Kier molecular flexibility index (Phi) is 4.48. The smallest absolute Gasteiger partial charge is 0.310 e. The Bertz CT molecular complexity index is 750. The molecule has 0 bridgehead atoms. The molecule has 1 aromatic carbocycles. The van der Waals surface area contributed by atoms with Gasteiger partial charge in [0.05, 0.1) is 11.5 Å². The number of carbonyl (C=O) groups is 2. The van der Waals surface area contributed by atoms with E-state index in [1.54, 1.807) is 42.5 Å². The highest BCUT2D eigenvalue weighted by molar-refractivity contribution is 7.10. The van der Waals surface area contributed by atoms with Crippen LogP contribution in [0.5, 0.6) is 0 Å². The van der Waals surface area contributed by atoms with Gasteiger partial charge in [-0.25, -0.2) is 0 Å². The summed E-state index contributed by atoms with van der Waals surface area (Å²) in [6.45, 7) is 1.64. The number of nitrogens with one attached hydrogen (secondary N) is 1. The molecule has 1 amide bonds. The van der Waals surface area contributed by atoms with Gasteiger partial charge >= 0.3 is 5.97 Å². The zero-order chi connectivity index (χ0) is 16.4. The summed E-state index contributed by atoms with van der Waals surface area (Å²) in [4.78, 5) is 25.0. The number of thiophene rings is 1. The minimum Gasteiger partial charge on any atom is -0.481 e. The molecule has 1 atom stereocenters. The summed E-state index contributed by atoms with van der Waals surface area (Å²) in [6.07, 6.45) is 4.37. The van der Waals surface area contributed by atoms with E-state index in [2.05, 4.69) is 5.32 Å². The Hall–Kier alpha value is -2.14. The van der Waals surface area contributed by atoms with Crippen molar-refractivity contribution in [2.24, 2.45) is 0 Å². The van der Waals surface area contributed by atoms with Gasteiger partial charge in [0, 0.05) is 15.9 Å². The van der Waals surface area contributed by atoms with Gasteiger partial charge in [0.2, 0.25) is 0 Å². The van der Waals surface area contributed by atoms with Crippen LogP contribution in [0.25, 0.3) is 0 Å². The largest absolute Gasteiger partial charge is 0.481 e. The second-order valence-electron chi connectivity index (χ2n) is 5.90. The first kappa shape index (κ1) is 15.7. The first-order chi connectivity index (χ1) is 11.1. The summed E-state index contributed by atoms with van der Waals surface area (Å²) in [5.74, 6) is -1.58. The van der Waals surface area contributed by atoms with Crippen molar-refractivity contribution in [2.75, 3.05) is 5.32 Å². The number of aryl methyl sites for hydroxylation is 1. The van der Waals surface area contributed by atoms with E-state index in [4.69, 9.17) is 5.11 Å². The molecule has 0 aliphatic heterocycles. The lowest BCUT2D eigenvalue weighted by Crippen LogP contribution is -2.15. The highest BCUT2D eigenvalue weighted by atomic mass is 32.1. The minimum atomic E-state index is -0.875. The van der Waals surface area contributed by atoms with Gasteiger partial charge in [-0.1, -0.05) is 12.1 Å². The number of anilines is 1. The van der Waals surface area contributed by atoms with Crippen molar-refractivity contribution >= 4 is 28.9 Å². The third-order valence-corrected chi connectivity index (χ3v) is 5.41. The maximum Gasteiger partial charge on any atom is 0.310 e. The fraction of sp³-hybridized carbons (Fsp3) is 0.333. The molecule has 2 aromatic rings. The number of hydrogen-bond donors (Lipinski definition) is 2. The van der Waals surface area contributed by atoms with Crippen molar-refractivity contribution in [1.82, 2.24) is 0 Å². The molecule has 1 unspecified atom stereocenters. The molecule has 1 aliphatic rings. The SMILES string of the molecule is CC(C(=O)O)c1cccc(NC(=O)c2csc3c2CCCC3)c1. The fourth-order valence-corrected chi connectivity index (χ4v) is 4.04. The van der Waals surface area contributed by atoms with E-state index in [1.165, 1.54) is 16.9 Å². The van der Waals surface area contributed by atoms with Crippen LogP contribution < -0.4 is 5.32 Å². The van der Waals surface area contributed by atoms with Crippen molar-refractivity contribution in [3.05, 3.63) is 51.2 Å². The highest BCUT2D eigenvalue weighted by Crippen LogP contribution is 2.30. The molecule has 0 fully saturated rings. The first-order valence-electron chi connectivity index (χ1n) is 7.79. The number of rotatable bonds is 4. The van der Waals surface area contributed by atoms with Crippen LogP contribution in [-0.4, -0.2) is 17.0 Å². The van der Waals surface area contributed by atoms with Gasteiger partial charge in [-0.05, 0) is 55.9 Å². The van der Waals surface area contributed by atoms with E-state index >= 15 is 0 Å². The Morgan fingerprint density at radius 2 is 2.04 bits per heavy atom. The summed E-state index contributed by atoms with van der Waals surface area (Å²) >= 11 is 1.66. The van der Waals surface area contributed by atoms with Crippen LogP contribution in [0.2, 0.25) is 0 Å². The van der Waals surface area contributed by atoms with E-state index in [9.17, 15) is 9.59 Å². The maximum absolute atomic E-state index is 12.5. The van der Waals surface area contributed by atoms with Gasteiger partial charge in [-0.15, -0.1) is 11.3 Å². The zero-order valence-electron chi connectivity index (χ0n) is 13.0. The van der Waals surface area contributed by atoms with E-state index in [0.717, 1.165) is 24.8 Å². The monoisotopic (exact) mass is 329 g/mol. The Morgan fingerprint density at radius 1 is 1.26 bits per heavy atom. The molecule has 120 valence electrons. The quantitative estimate of drug-likeness (QED) is 0.888. The van der Waals surface area contributed by atoms with Crippen molar-refractivity contribution < 1.29 is 14.7 Å². The van der Waals surface area contributed by atoms with Crippen LogP contribution in [0.1, 0.15) is 52.0 Å². The lowest BCUT2D eigenvalue weighted by atomic mass is 9.95. The zero-order valence-corrected chi connectivity index (χ0v) is 13.8. The number of aliphatic carboxylic acids is 1. The number of carbonyl (C=O) groups excluding carboxylic acids is 1. The Balaban J connectivity index is 1.79. The summed E-state index contributed by atoms with van der Waals surface area (Å²) in [6, 6.07) is 7.05. The van der Waals surface area contributed by atoms with Crippen LogP contribution >= 0.6 is 11.3 Å². The van der Waals surface area contributed by atoms with E-state index in [1.807, 2.05) is 5.38 Å². The molecule has 1 aliphatic carbocycles. The molecule has 4 nitrogen and oxygen atoms in total. The fourth-order valence-electron chi connectivity index (χ4n) is 2.91. The van der Waals surface area contributed by atoms with Crippen LogP contribution in [0.15, 0.2) is 29.6 Å². The van der Waals surface area contributed by atoms with Crippen LogP contribution in [0.4, 0.5) is 5.69 Å². The van der Waals surface area contributed by atoms with Gasteiger partial charge in [0.1, 0.15) is 0 Å². The standard InChI is InChI=1S/C18H19NO3S/c1-11(18(21)22)12-5-4-6-13(9-12)19-17(20)15-10-23-16-8-3-2-7-14(15)16/h4-6,9-11H,2-3,7-8H2,1H3,(H,19,20)(H,21,22). The molecule has 3 rings (SSSR count). The van der Waals surface area contributed by atoms with E-state index in [0.29, 0.717) is 11.3 Å². The number of carboxylic acid groups (broad SMARTS) is 1. The topological polar surface area (TPSA) is 66.4 Å². The molecule has 0 spiro atoms. The molecule has 0 radical (unpaired) electrons. The van der Waals surface area contributed by atoms with Crippen molar-refractivity contribution in [3.63, 3.8) is 0 Å². The normalized spacial score (nSPS) is 14.8. The summed E-state index contributed by atoms with van der Waals surface area (Å²) in [7, 11) is 0. The van der Waals surface area contributed by atoms with Gasteiger partial charge in [-0.3, -0.25) is 9.59 Å². The lowest BCUT2D eigenvalue weighted by molar-refractivity contribution is -0.138. The maximum atomic E-state index is 12.5. The average Bonchev–Trinajstić information content (AvgIpc) is 2.98. The molecule has 1 aromatic heterocycles. The summed E-state index contributed by atoms with van der Waals surface area (Å²) < 4.78 is 0. The van der Waals surface area contributed by atoms with Gasteiger partial charge in [-0.2, -0.15) is 0 Å². The molecule has 0 saturated heterocycles. The van der Waals surface area contributed by atoms with E-state index in [-0.39, 0.29) is 5.91 Å². The minimum absolute atomic E-state index is 0.107. The van der Waals surface area contributed by atoms with Crippen molar-refractivity contribution in [2.45, 2.75) is 38.5 Å². The van der Waals surface area contributed by atoms with Gasteiger partial charge in [0.15, 0.2) is 0 Å². The number of benzene rings is 1. The van der Waals surface area contributed by atoms with Crippen molar-refractivity contribution in [3.8, 4) is 0 Å². The molecule has 23 heavy (non-hydrogen) atoms. The Morgan fingerprint density at radius 3 is 2.83 bits per heavy atom. The molecule has 1 heterocycles. The molecule has 2 N–H and O–H groups in total. The van der Waals surface area contributed by atoms with Crippen LogP contribution in [0.3, 0.4) is 0 Å². The Labute approximate surface area is 139 Å². The lowest BCUT2D eigenvalue weighted by Gasteiger charge is -2.13. The first-order valence-corrected chi connectivity index (χ1v) is 8.67. The number of carboxylic acids is 1. The highest BCUT2D eigenvalue weighted by Gasteiger charge is 2.20. The molecule has 0 saturated carbocycles. The van der Waals surface area contributed by atoms with Gasteiger partial charge in [0.25, 0.3) is 5.91 Å². The number of fused-ring (bicyclic) bond motifs is 1. The third-order valence-electron chi connectivity index (χ3n) is 4.32.